The summed E-state index contributed by atoms with van der Waals surface area (Å²) in [7, 11) is -4.11. The first kappa shape index (κ1) is 10.0. The molecule has 0 aliphatic heterocycles. The molecule has 0 unspecified atom stereocenters. The average Bonchev–Trinajstić information content (AvgIpc) is 1.88. The minimum absolute atomic E-state index is 0. The lowest BCUT2D eigenvalue weighted by Crippen LogP contribution is -1.99. The van der Waals surface area contributed by atoms with Crippen molar-refractivity contribution in [3.05, 3.63) is 24.4 Å². The smallest absolute Gasteiger partial charge is 0.312 e. The highest BCUT2D eigenvalue weighted by atomic mass is 32.2. The minimum atomic E-state index is -4.11. The number of pyridine rings is 1. The summed E-state index contributed by atoms with van der Waals surface area (Å²) >= 11 is 0. The van der Waals surface area contributed by atoms with Gasteiger partial charge in [0.15, 0.2) is 5.03 Å². The van der Waals surface area contributed by atoms with Crippen LogP contribution in [-0.2, 0) is 10.1 Å². The van der Waals surface area contributed by atoms with E-state index in [1.54, 1.807) is 6.07 Å². The van der Waals surface area contributed by atoms with E-state index in [2.05, 4.69) is 4.98 Å². The van der Waals surface area contributed by atoms with Gasteiger partial charge in [-0.2, -0.15) is 8.42 Å². The zero-order valence-electron chi connectivity index (χ0n) is 5.43. The third-order valence-corrected chi connectivity index (χ3v) is 1.67. The van der Waals surface area contributed by atoms with E-state index >= 15 is 0 Å². The summed E-state index contributed by atoms with van der Waals surface area (Å²) in [5.74, 6) is 0. The van der Waals surface area contributed by atoms with Gasteiger partial charge in [-0.1, -0.05) is 6.07 Å². The van der Waals surface area contributed by atoms with Gasteiger partial charge in [0.2, 0.25) is 0 Å². The van der Waals surface area contributed by atoms with Crippen LogP contribution in [0.3, 0.4) is 0 Å². The largest absolute Gasteiger partial charge is 0.412 e. The van der Waals surface area contributed by atoms with E-state index in [0.29, 0.717) is 0 Å². The highest BCUT2D eigenvalue weighted by Crippen LogP contribution is 2.00. The molecular formula is C5H7NO4S. The number of nitrogens with zero attached hydrogens (tertiary/aromatic N) is 1. The van der Waals surface area contributed by atoms with Crippen molar-refractivity contribution in [3.8, 4) is 0 Å². The van der Waals surface area contributed by atoms with Crippen molar-refractivity contribution < 1.29 is 18.4 Å². The molecule has 62 valence electrons. The second-order valence-electron chi connectivity index (χ2n) is 1.64. The highest BCUT2D eigenvalue weighted by Gasteiger charge is 2.07. The predicted molar refractivity (Wildman–Crippen MR) is 37.7 cm³/mol. The van der Waals surface area contributed by atoms with Crippen molar-refractivity contribution >= 4 is 10.1 Å². The molecule has 0 bridgehead atoms. The van der Waals surface area contributed by atoms with Gasteiger partial charge < -0.3 is 5.48 Å². The molecule has 11 heavy (non-hydrogen) atoms. The van der Waals surface area contributed by atoms with E-state index in [4.69, 9.17) is 4.55 Å². The van der Waals surface area contributed by atoms with Crippen LogP contribution in [-0.4, -0.2) is 23.4 Å². The van der Waals surface area contributed by atoms with Crippen LogP contribution in [0.4, 0.5) is 0 Å². The number of aromatic nitrogens is 1. The maximum Gasteiger partial charge on any atom is 0.312 e. The molecule has 0 fully saturated rings. The van der Waals surface area contributed by atoms with E-state index in [9.17, 15) is 8.42 Å². The van der Waals surface area contributed by atoms with Gasteiger partial charge in [0.25, 0.3) is 0 Å². The topological polar surface area (TPSA) is 98.8 Å². The summed E-state index contributed by atoms with van der Waals surface area (Å²) in [5, 5.41) is -0.324. The van der Waals surface area contributed by atoms with E-state index in [1.807, 2.05) is 0 Å². The first-order valence-corrected chi connectivity index (χ1v) is 3.93. The van der Waals surface area contributed by atoms with Crippen molar-refractivity contribution in [2.24, 2.45) is 0 Å². The van der Waals surface area contributed by atoms with E-state index in [1.165, 1.54) is 18.3 Å². The Balaban J connectivity index is 0.000001000. The maximum absolute atomic E-state index is 10.3. The van der Waals surface area contributed by atoms with Crippen LogP contribution in [0.5, 0.6) is 0 Å². The van der Waals surface area contributed by atoms with Crippen LogP contribution in [0, 0.1) is 0 Å². The van der Waals surface area contributed by atoms with Gasteiger partial charge in [-0.15, -0.1) is 0 Å². The second kappa shape index (κ2) is 3.42. The molecule has 0 amide bonds. The molecule has 0 aromatic carbocycles. The van der Waals surface area contributed by atoms with Gasteiger partial charge in [0.05, 0.1) is 0 Å². The van der Waals surface area contributed by atoms with Crippen LogP contribution >= 0.6 is 0 Å². The summed E-state index contributed by atoms with van der Waals surface area (Å²) < 4.78 is 29.1. The Hall–Kier alpha value is -0.980. The van der Waals surface area contributed by atoms with Crippen molar-refractivity contribution in [3.63, 3.8) is 0 Å². The van der Waals surface area contributed by atoms with Crippen molar-refractivity contribution in [2.45, 2.75) is 5.03 Å². The fourth-order valence-electron chi connectivity index (χ4n) is 0.500. The summed E-state index contributed by atoms with van der Waals surface area (Å²) in [6.45, 7) is 0. The normalized spacial score (nSPS) is 10.3. The summed E-state index contributed by atoms with van der Waals surface area (Å²) in [4.78, 5) is 3.41. The molecule has 0 saturated heterocycles. The molecule has 1 aromatic rings. The zero-order valence-corrected chi connectivity index (χ0v) is 6.25. The third-order valence-electron chi connectivity index (χ3n) is 0.902. The lowest BCUT2D eigenvalue weighted by Gasteiger charge is -1.91. The van der Waals surface area contributed by atoms with Crippen molar-refractivity contribution in [2.75, 3.05) is 0 Å². The monoisotopic (exact) mass is 177 g/mol. The Morgan fingerprint density at radius 1 is 1.36 bits per heavy atom. The van der Waals surface area contributed by atoms with Crippen molar-refractivity contribution in [1.82, 2.24) is 4.98 Å². The fourth-order valence-corrected chi connectivity index (χ4v) is 0.944. The molecule has 0 radical (unpaired) electrons. The first-order valence-electron chi connectivity index (χ1n) is 2.49. The fraction of sp³-hybridized carbons (Fsp3) is 0. The molecule has 6 heteroatoms. The Morgan fingerprint density at radius 2 is 2.00 bits per heavy atom. The molecule has 0 atom stereocenters. The molecule has 5 nitrogen and oxygen atoms in total. The van der Waals surface area contributed by atoms with Gasteiger partial charge in [0, 0.05) is 6.20 Å². The first-order chi connectivity index (χ1) is 4.61. The van der Waals surface area contributed by atoms with Crippen LogP contribution in [0.25, 0.3) is 0 Å². The van der Waals surface area contributed by atoms with Gasteiger partial charge in [-0.05, 0) is 12.1 Å². The van der Waals surface area contributed by atoms with E-state index < -0.39 is 10.1 Å². The van der Waals surface area contributed by atoms with Crippen LogP contribution in [0.1, 0.15) is 0 Å². The SMILES string of the molecule is O.O=S(=O)(O)c1ccccn1. The van der Waals surface area contributed by atoms with Gasteiger partial charge in [-0.25, -0.2) is 4.98 Å². The Labute approximate surface area is 63.8 Å². The number of hydrogen-bond acceptors (Lipinski definition) is 3. The average molecular weight is 177 g/mol. The molecule has 0 spiro atoms. The third kappa shape index (κ3) is 2.62. The molecular weight excluding hydrogens is 170 g/mol. The van der Waals surface area contributed by atoms with Gasteiger partial charge in [-0.3, -0.25) is 4.55 Å². The van der Waals surface area contributed by atoms with Crippen LogP contribution in [0.2, 0.25) is 0 Å². The molecule has 3 N–H and O–H groups in total. The molecule has 0 saturated carbocycles. The second-order valence-corrected chi connectivity index (χ2v) is 3.01. The molecule has 0 aliphatic carbocycles. The zero-order chi connectivity index (χ0) is 7.61. The number of rotatable bonds is 1. The lowest BCUT2D eigenvalue weighted by atomic mass is 10.5. The Morgan fingerprint density at radius 3 is 2.27 bits per heavy atom. The molecule has 1 aromatic heterocycles. The highest BCUT2D eigenvalue weighted by molar-refractivity contribution is 7.85. The summed E-state index contributed by atoms with van der Waals surface area (Å²) in [6, 6.07) is 4.26. The summed E-state index contributed by atoms with van der Waals surface area (Å²) in [5.41, 5.74) is 0. The quantitative estimate of drug-likeness (QED) is 0.584. The maximum atomic E-state index is 10.3. The molecule has 1 rings (SSSR count). The van der Waals surface area contributed by atoms with Crippen LogP contribution < -0.4 is 0 Å². The van der Waals surface area contributed by atoms with Crippen molar-refractivity contribution in [1.29, 1.82) is 0 Å². The summed E-state index contributed by atoms with van der Waals surface area (Å²) in [6.07, 6.45) is 1.29. The lowest BCUT2D eigenvalue weighted by molar-refractivity contribution is 0.479. The predicted octanol–water partition coefficient (Wildman–Crippen LogP) is -0.496. The standard InChI is InChI=1S/C5H5NO3S.H2O/c7-10(8,9)5-3-1-2-4-6-5;/h1-4H,(H,7,8,9);1H2. The van der Waals surface area contributed by atoms with Crippen LogP contribution in [0.15, 0.2) is 29.4 Å². The molecule has 0 aliphatic rings. The van der Waals surface area contributed by atoms with E-state index in [0.717, 1.165) is 0 Å². The van der Waals surface area contributed by atoms with E-state index in [-0.39, 0.29) is 10.5 Å². The number of hydrogen-bond donors (Lipinski definition) is 1. The Bertz CT molecular complexity index is 307. The minimum Gasteiger partial charge on any atom is -0.412 e. The van der Waals surface area contributed by atoms with Gasteiger partial charge >= 0.3 is 10.1 Å². The Kier molecular flexibility index (Phi) is 3.12. The van der Waals surface area contributed by atoms with Gasteiger partial charge in [0.1, 0.15) is 0 Å². The molecule has 1 heterocycles.